The Bertz CT molecular complexity index is 339. The number of nitrogens with one attached hydrogen (secondary N) is 1. The van der Waals surface area contributed by atoms with Crippen LogP contribution in [0, 0.1) is 11.6 Å². The fraction of sp³-hybridized carbons (Fsp3) is 0.455. The first-order chi connectivity index (χ1) is 7.18. The van der Waals surface area contributed by atoms with E-state index in [1.165, 1.54) is 12.1 Å². The minimum Gasteiger partial charge on any atom is -0.317 e. The molecule has 4 heteroatoms. The number of hydrogen-bond acceptors (Lipinski definition) is 1. The van der Waals surface area contributed by atoms with Crippen molar-refractivity contribution in [3.05, 3.63) is 33.8 Å². The Hall–Kier alpha value is -0.480. The van der Waals surface area contributed by atoms with E-state index in [2.05, 4.69) is 21.2 Å². The first-order valence-corrected chi connectivity index (χ1v) is 5.83. The third kappa shape index (κ3) is 2.37. The lowest BCUT2D eigenvalue weighted by atomic mass is 9.89. The molecular weight excluding hydrogens is 264 g/mol. The highest BCUT2D eigenvalue weighted by Crippen LogP contribution is 2.31. The highest BCUT2D eigenvalue weighted by molar-refractivity contribution is 9.10. The average Bonchev–Trinajstić information content (AvgIpc) is 2.17. The molecule has 82 valence electrons. The molecule has 0 radical (unpaired) electrons. The van der Waals surface area contributed by atoms with Crippen molar-refractivity contribution in [1.82, 2.24) is 5.32 Å². The normalized spacial score (nSPS) is 18.1. The minimum absolute atomic E-state index is 0.0133. The molecule has 1 saturated heterocycles. The van der Waals surface area contributed by atoms with Crippen molar-refractivity contribution in [2.75, 3.05) is 13.1 Å². The summed E-state index contributed by atoms with van der Waals surface area (Å²) in [6.07, 6.45) is 1.60. The van der Waals surface area contributed by atoms with Crippen LogP contribution in [0.2, 0.25) is 0 Å². The van der Waals surface area contributed by atoms with Crippen molar-refractivity contribution >= 4 is 15.9 Å². The largest absolute Gasteiger partial charge is 0.317 e. The van der Waals surface area contributed by atoms with E-state index >= 15 is 0 Å². The van der Waals surface area contributed by atoms with E-state index in [0.29, 0.717) is 4.47 Å². The monoisotopic (exact) mass is 275 g/mol. The zero-order chi connectivity index (χ0) is 10.8. The van der Waals surface area contributed by atoms with Crippen molar-refractivity contribution < 1.29 is 8.78 Å². The second-order valence-electron chi connectivity index (χ2n) is 3.81. The van der Waals surface area contributed by atoms with Crippen molar-refractivity contribution in [2.45, 2.75) is 18.8 Å². The minimum atomic E-state index is -0.436. The summed E-state index contributed by atoms with van der Waals surface area (Å²) < 4.78 is 27.7. The second-order valence-corrected chi connectivity index (χ2v) is 4.72. The van der Waals surface area contributed by atoms with Crippen LogP contribution in [0.4, 0.5) is 8.78 Å². The highest BCUT2D eigenvalue weighted by atomic mass is 79.9. The van der Waals surface area contributed by atoms with E-state index in [4.69, 9.17) is 0 Å². The summed E-state index contributed by atoms with van der Waals surface area (Å²) in [5.74, 6) is -0.859. The Labute approximate surface area is 96.0 Å². The number of benzene rings is 1. The molecule has 0 unspecified atom stereocenters. The van der Waals surface area contributed by atoms with Crippen LogP contribution in [0.3, 0.4) is 0 Å². The Morgan fingerprint density at radius 1 is 1.13 bits per heavy atom. The first-order valence-electron chi connectivity index (χ1n) is 5.03. The van der Waals surface area contributed by atoms with Crippen LogP contribution >= 0.6 is 15.9 Å². The van der Waals surface area contributed by atoms with E-state index in [9.17, 15) is 8.78 Å². The van der Waals surface area contributed by atoms with E-state index in [0.717, 1.165) is 25.9 Å². The molecule has 0 bridgehead atoms. The van der Waals surface area contributed by atoms with Crippen LogP contribution in [0.15, 0.2) is 16.6 Å². The molecule has 0 spiro atoms. The van der Waals surface area contributed by atoms with Gasteiger partial charge in [-0.25, -0.2) is 8.78 Å². The summed E-state index contributed by atoms with van der Waals surface area (Å²) in [4.78, 5) is 0. The predicted molar refractivity (Wildman–Crippen MR) is 58.9 cm³/mol. The quantitative estimate of drug-likeness (QED) is 0.830. The molecule has 0 atom stereocenters. The van der Waals surface area contributed by atoms with E-state index in [1.54, 1.807) is 0 Å². The Balaban J connectivity index is 2.33. The molecule has 15 heavy (non-hydrogen) atoms. The fourth-order valence-electron chi connectivity index (χ4n) is 2.05. The Morgan fingerprint density at radius 2 is 1.67 bits per heavy atom. The van der Waals surface area contributed by atoms with Crippen molar-refractivity contribution in [2.24, 2.45) is 0 Å². The molecular formula is C11H12BrF2N. The standard InChI is InChI=1S/C11H12BrF2N/c12-8-5-9(13)11(10(14)6-8)7-1-3-15-4-2-7/h5-7,15H,1-4H2. The molecule has 2 rings (SSSR count). The summed E-state index contributed by atoms with van der Waals surface area (Å²) >= 11 is 3.08. The summed E-state index contributed by atoms with van der Waals surface area (Å²) in [5, 5.41) is 3.18. The molecule has 1 N–H and O–H groups in total. The lowest BCUT2D eigenvalue weighted by molar-refractivity contribution is 0.426. The molecule has 1 heterocycles. The van der Waals surface area contributed by atoms with E-state index in [1.807, 2.05) is 0 Å². The summed E-state index contributed by atoms with van der Waals surface area (Å²) in [6.45, 7) is 1.67. The fourth-order valence-corrected chi connectivity index (χ4v) is 2.46. The summed E-state index contributed by atoms with van der Waals surface area (Å²) in [7, 11) is 0. The SMILES string of the molecule is Fc1cc(Br)cc(F)c1C1CCNCC1. The van der Waals surface area contributed by atoms with Gasteiger partial charge in [-0.15, -0.1) is 0 Å². The van der Waals surface area contributed by atoms with Crippen LogP contribution in [-0.2, 0) is 0 Å². The van der Waals surface area contributed by atoms with Gasteiger partial charge in [0.25, 0.3) is 0 Å². The molecule has 1 aliphatic rings. The first kappa shape index (κ1) is 11.0. The molecule has 0 aromatic heterocycles. The molecule has 0 aliphatic carbocycles. The molecule has 1 nitrogen and oxygen atoms in total. The van der Waals surface area contributed by atoms with Gasteiger partial charge in [0.1, 0.15) is 11.6 Å². The molecule has 1 aromatic rings. The van der Waals surface area contributed by atoms with Gasteiger partial charge in [-0.3, -0.25) is 0 Å². The van der Waals surface area contributed by atoms with Gasteiger partial charge in [0, 0.05) is 10.0 Å². The zero-order valence-corrected chi connectivity index (χ0v) is 9.78. The number of piperidine rings is 1. The van der Waals surface area contributed by atoms with Gasteiger partial charge in [0.05, 0.1) is 0 Å². The molecule has 1 fully saturated rings. The predicted octanol–water partition coefficient (Wildman–Crippen LogP) is 3.19. The van der Waals surface area contributed by atoms with Gasteiger partial charge in [0.2, 0.25) is 0 Å². The van der Waals surface area contributed by atoms with Gasteiger partial charge in [-0.2, -0.15) is 0 Å². The van der Waals surface area contributed by atoms with Gasteiger partial charge in [-0.1, -0.05) is 15.9 Å². The third-order valence-electron chi connectivity index (χ3n) is 2.79. The maximum Gasteiger partial charge on any atom is 0.130 e. The lowest BCUT2D eigenvalue weighted by Gasteiger charge is -2.23. The smallest absolute Gasteiger partial charge is 0.130 e. The van der Waals surface area contributed by atoms with Gasteiger partial charge < -0.3 is 5.32 Å². The second kappa shape index (κ2) is 4.58. The maximum absolute atomic E-state index is 13.6. The molecule has 0 saturated carbocycles. The Kier molecular flexibility index (Phi) is 3.36. The van der Waals surface area contributed by atoms with Gasteiger partial charge in [0.15, 0.2) is 0 Å². The van der Waals surface area contributed by atoms with E-state index < -0.39 is 11.6 Å². The average molecular weight is 276 g/mol. The third-order valence-corrected chi connectivity index (χ3v) is 3.25. The number of hydrogen-bond donors (Lipinski definition) is 1. The molecule has 0 amide bonds. The highest BCUT2D eigenvalue weighted by Gasteiger charge is 2.22. The number of halogens is 3. The lowest BCUT2D eigenvalue weighted by Crippen LogP contribution is -2.27. The van der Waals surface area contributed by atoms with E-state index in [-0.39, 0.29) is 11.5 Å². The van der Waals surface area contributed by atoms with Crippen LogP contribution in [0.5, 0.6) is 0 Å². The van der Waals surface area contributed by atoms with Crippen LogP contribution in [0.1, 0.15) is 24.3 Å². The van der Waals surface area contributed by atoms with Gasteiger partial charge >= 0.3 is 0 Å². The topological polar surface area (TPSA) is 12.0 Å². The van der Waals surface area contributed by atoms with Gasteiger partial charge in [-0.05, 0) is 44.0 Å². The summed E-state index contributed by atoms with van der Waals surface area (Å²) in [5.41, 5.74) is 0.250. The number of rotatable bonds is 1. The molecule has 1 aliphatic heterocycles. The van der Waals surface area contributed by atoms with Crippen LogP contribution in [-0.4, -0.2) is 13.1 Å². The summed E-state index contributed by atoms with van der Waals surface area (Å²) in [6, 6.07) is 2.67. The Morgan fingerprint density at radius 3 is 2.20 bits per heavy atom. The van der Waals surface area contributed by atoms with Crippen molar-refractivity contribution in [3.8, 4) is 0 Å². The molecule has 1 aromatic carbocycles. The van der Waals surface area contributed by atoms with Crippen molar-refractivity contribution in [3.63, 3.8) is 0 Å². The van der Waals surface area contributed by atoms with Crippen molar-refractivity contribution in [1.29, 1.82) is 0 Å². The maximum atomic E-state index is 13.6. The van der Waals surface area contributed by atoms with Crippen LogP contribution < -0.4 is 5.32 Å². The zero-order valence-electron chi connectivity index (χ0n) is 8.19. The van der Waals surface area contributed by atoms with Crippen LogP contribution in [0.25, 0.3) is 0 Å².